The van der Waals surface area contributed by atoms with Crippen LogP contribution in [0.1, 0.15) is 5.01 Å². The van der Waals surface area contributed by atoms with Crippen molar-refractivity contribution >= 4 is 49.1 Å². The summed E-state index contributed by atoms with van der Waals surface area (Å²) >= 11 is 4.72. The average molecular weight is 395 g/mol. The molecule has 0 aliphatic rings. The highest BCUT2D eigenvalue weighted by atomic mass is 79.9. The Kier molecular flexibility index (Phi) is 4.58. The highest BCUT2D eigenvalue weighted by Gasteiger charge is 2.09. The zero-order valence-corrected chi connectivity index (χ0v) is 14.5. The molecule has 1 N–H and O–H groups in total. The minimum absolute atomic E-state index is 0.0388. The number of fused-ring (bicyclic) bond motifs is 1. The molecule has 0 aliphatic carbocycles. The van der Waals surface area contributed by atoms with Gasteiger partial charge in [0, 0.05) is 10.2 Å². The van der Waals surface area contributed by atoms with Gasteiger partial charge in [-0.05, 0) is 43.3 Å². The summed E-state index contributed by atoms with van der Waals surface area (Å²) in [4.78, 5) is 16.3. The number of nitrogens with zero attached hydrogens (tertiary/aromatic N) is 1. The van der Waals surface area contributed by atoms with Crippen molar-refractivity contribution in [1.82, 2.24) is 4.98 Å². The number of rotatable bonds is 4. The predicted molar refractivity (Wildman–Crippen MR) is 92.6 cm³/mol. The Bertz CT molecular complexity index is 882. The van der Waals surface area contributed by atoms with Crippen molar-refractivity contribution in [2.24, 2.45) is 0 Å². The van der Waals surface area contributed by atoms with Gasteiger partial charge < -0.3 is 10.1 Å². The van der Waals surface area contributed by atoms with E-state index >= 15 is 0 Å². The minimum Gasteiger partial charge on any atom is -0.481 e. The van der Waals surface area contributed by atoms with E-state index in [4.69, 9.17) is 4.74 Å². The zero-order valence-electron chi connectivity index (χ0n) is 12.1. The van der Waals surface area contributed by atoms with Crippen molar-refractivity contribution in [3.05, 3.63) is 51.7 Å². The second-order valence-corrected chi connectivity index (χ2v) is 6.98. The van der Waals surface area contributed by atoms with Gasteiger partial charge in [0.15, 0.2) is 18.2 Å². The smallest absolute Gasteiger partial charge is 0.262 e. The molecule has 4 nitrogen and oxygen atoms in total. The number of aromatic nitrogens is 1. The lowest BCUT2D eigenvalue weighted by Gasteiger charge is -2.08. The van der Waals surface area contributed by atoms with Crippen LogP contribution in [0.2, 0.25) is 0 Å². The summed E-state index contributed by atoms with van der Waals surface area (Å²) in [5.74, 6) is -0.835. The molecule has 0 saturated heterocycles. The summed E-state index contributed by atoms with van der Waals surface area (Å²) in [6, 6.07) is 9.89. The number of ether oxygens (including phenoxy) is 1. The first-order valence-corrected chi connectivity index (χ1v) is 8.37. The van der Waals surface area contributed by atoms with Gasteiger partial charge in [-0.2, -0.15) is 0 Å². The lowest BCUT2D eigenvalue weighted by Crippen LogP contribution is -2.20. The third kappa shape index (κ3) is 3.86. The van der Waals surface area contributed by atoms with E-state index in [0.29, 0.717) is 10.2 Å². The Hall–Kier alpha value is -1.99. The molecule has 0 radical (unpaired) electrons. The van der Waals surface area contributed by atoms with Gasteiger partial charge in [-0.15, -0.1) is 11.3 Å². The van der Waals surface area contributed by atoms with Gasteiger partial charge in [0.25, 0.3) is 5.91 Å². The van der Waals surface area contributed by atoms with Gasteiger partial charge in [0.2, 0.25) is 0 Å². The van der Waals surface area contributed by atoms with E-state index in [1.54, 1.807) is 23.5 Å². The number of amides is 1. The van der Waals surface area contributed by atoms with E-state index in [-0.39, 0.29) is 18.3 Å². The molecule has 3 aromatic rings. The van der Waals surface area contributed by atoms with E-state index in [1.165, 1.54) is 12.1 Å². The highest BCUT2D eigenvalue weighted by molar-refractivity contribution is 9.10. The van der Waals surface area contributed by atoms with Gasteiger partial charge in [-0.25, -0.2) is 9.37 Å². The van der Waals surface area contributed by atoms with Crippen LogP contribution >= 0.6 is 27.3 Å². The number of thiazole rings is 1. The first-order valence-electron chi connectivity index (χ1n) is 6.76. The average Bonchev–Trinajstić information content (AvgIpc) is 2.85. The number of nitrogens with one attached hydrogen (secondary N) is 1. The van der Waals surface area contributed by atoms with Crippen LogP contribution < -0.4 is 10.1 Å². The van der Waals surface area contributed by atoms with Crippen LogP contribution in [-0.2, 0) is 4.79 Å². The molecule has 1 amide bonds. The number of hydrogen-bond donors (Lipinski definition) is 1. The Morgan fingerprint density at radius 3 is 2.96 bits per heavy atom. The number of carbonyl (C=O) groups excluding carboxylic acids is 1. The fourth-order valence-electron chi connectivity index (χ4n) is 2.05. The summed E-state index contributed by atoms with van der Waals surface area (Å²) in [5, 5.41) is 3.70. The maximum Gasteiger partial charge on any atom is 0.262 e. The molecule has 0 unspecified atom stereocenters. The molecule has 118 valence electrons. The summed E-state index contributed by atoms with van der Waals surface area (Å²) in [6.07, 6.45) is 0. The summed E-state index contributed by atoms with van der Waals surface area (Å²) in [5.41, 5.74) is 1.56. The molecule has 1 aromatic heterocycles. The normalized spacial score (nSPS) is 10.7. The molecule has 0 aliphatic heterocycles. The molecule has 23 heavy (non-hydrogen) atoms. The van der Waals surface area contributed by atoms with Crippen LogP contribution in [-0.4, -0.2) is 17.5 Å². The lowest BCUT2D eigenvalue weighted by atomic mass is 10.3. The van der Waals surface area contributed by atoms with Gasteiger partial charge in [0.1, 0.15) is 0 Å². The number of halogens is 2. The lowest BCUT2D eigenvalue weighted by molar-refractivity contribution is -0.118. The van der Waals surface area contributed by atoms with Crippen LogP contribution in [0, 0.1) is 12.7 Å². The van der Waals surface area contributed by atoms with Crippen molar-refractivity contribution in [3.63, 3.8) is 0 Å². The molecule has 7 heteroatoms. The Labute approximate surface area is 144 Å². The predicted octanol–water partition coefficient (Wildman–Crippen LogP) is 4.52. The highest BCUT2D eigenvalue weighted by Crippen LogP contribution is 2.25. The number of carbonyl (C=O) groups is 1. The maximum absolute atomic E-state index is 13.6. The molecule has 0 atom stereocenters. The standard InChI is InChI=1S/C16H12BrFN2O2S/c1-9-19-13-4-3-11(7-15(13)23-9)20-16(21)8-22-14-5-2-10(17)6-12(14)18/h2-7H,8H2,1H3,(H,20,21). The molecule has 2 aromatic carbocycles. The molecule has 0 bridgehead atoms. The molecule has 1 heterocycles. The third-order valence-electron chi connectivity index (χ3n) is 3.03. The number of aryl methyl sites for hydroxylation is 1. The quantitative estimate of drug-likeness (QED) is 0.707. The molecule has 3 rings (SSSR count). The van der Waals surface area contributed by atoms with Crippen LogP contribution in [0.3, 0.4) is 0 Å². The summed E-state index contributed by atoms with van der Waals surface area (Å²) in [6.45, 7) is 1.67. The third-order valence-corrected chi connectivity index (χ3v) is 4.46. The SMILES string of the molecule is Cc1nc2ccc(NC(=O)COc3ccc(Br)cc3F)cc2s1. The number of anilines is 1. The maximum atomic E-state index is 13.6. The Balaban J connectivity index is 1.63. The Morgan fingerprint density at radius 1 is 1.35 bits per heavy atom. The largest absolute Gasteiger partial charge is 0.481 e. The minimum atomic E-state index is -0.520. The van der Waals surface area contributed by atoms with Gasteiger partial charge in [0.05, 0.1) is 15.2 Å². The van der Waals surface area contributed by atoms with E-state index in [2.05, 4.69) is 26.2 Å². The van der Waals surface area contributed by atoms with Crippen LogP contribution in [0.25, 0.3) is 10.2 Å². The summed E-state index contributed by atoms with van der Waals surface area (Å²) in [7, 11) is 0. The molecule has 0 spiro atoms. The van der Waals surface area contributed by atoms with E-state index in [1.807, 2.05) is 19.1 Å². The van der Waals surface area contributed by atoms with Gasteiger partial charge in [-0.1, -0.05) is 15.9 Å². The van der Waals surface area contributed by atoms with Crippen molar-refractivity contribution in [1.29, 1.82) is 0 Å². The van der Waals surface area contributed by atoms with Crippen LogP contribution in [0.5, 0.6) is 5.75 Å². The number of hydrogen-bond acceptors (Lipinski definition) is 4. The van der Waals surface area contributed by atoms with Crippen molar-refractivity contribution in [3.8, 4) is 5.75 Å². The van der Waals surface area contributed by atoms with Crippen LogP contribution in [0.15, 0.2) is 40.9 Å². The van der Waals surface area contributed by atoms with E-state index in [9.17, 15) is 9.18 Å². The second-order valence-electron chi connectivity index (χ2n) is 4.83. The monoisotopic (exact) mass is 394 g/mol. The van der Waals surface area contributed by atoms with Crippen molar-refractivity contribution < 1.29 is 13.9 Å². The fourth-order valence-corrected chi connectivity index (χ4v) is 3.25. The first kappa shape index (κ1) is 15.9. The second kappa shape index (κ2) is 6.64. The fraction of sp³-hybridized carbons (Fsp3) is 0.125. The molecule has 0 saturated carbocycles. The first-order chi connectivity index (χ1) is 11.0. The van der Waals surface area contributed by atoms with E-state index in [0.717, 1.165) is 15.2 Å². The zero-order chi connectivity index (χ0) is 16.4. The van der Waals surface area contributed by atoms with E-state index < -0.39 is 5.82 Å². The van der Waals surface area contributed by atoms with Crippen molar-refractivity contribution in [2.75, 3.05) is 11.9 Å². The number of benzene rings is 2. The topological polar surface area (TPSA) is 51.2 Å². The van der Waals surface area contributed by atoms with Gasteiger partial charge in [-0.3, -0.25) is 4.79 Å². The Morgan fingerprint density at radius 2 is 2.17 bits per heavy atom. The molecular weight excluding hydrogens is 383 g/mol. The summed E-state index contributed by atoms with van der Waals surface area (Å²) < 4.78 is 20.4. The van der Waals surface area contributed by atoms with Crippen LogP contribution in [0.4, 0.5) is 10.1 Å². The van der Waals surface area contributed by atoms with Gasteiger partial charge >= 0.3 is 0 Å². The molecular formula is C16H12BrFN2O2S. The molecule has 0 fully saturated rings. The van der Waals surface area contributed by atoms with Crippen molar-refractivity contribution in [2.45, 2.75) is 6.92 Å².